The molecule has 1 saturated heterocycles. The van der Waals surface area contributed by atoms with Gasteiger partial charge in [-0.1, -0.05) is 60.7 Å². The number of nitrogens with zero attached hydrogens (tertiary/aromatic N) is 2. The molecular formula is C21H23N3O. The van der Waals surface area contributed by atoms with Gasteiger partial charge in [-0.15, -0.1) is 0 Å². The maximum absolute atomic E-state index is 6.03. The van der Waals surface area contributed by atoms with Crippen molar-refractivity contribution in [3.63, 3.8) is 0 Å². The van der Waals surface area contributed by atoms with E-state index in [0.29, 0.717) is 18.4 Å². The SMILES string of the molecule is NC[C@@H]1CN(Cc2ncc(-c3ccccc3)o2)C[C@H]1c1ccccc1. The Morgan fingerprint density at radius 2 is 1.72 bits per heavy atom. The number of benzene rings is 2. The second kappa shape index (κ2) is 7.21. The van der Waals surface area contributed by atoms with Gasteiger partial charge in [-0.25, -0.2) is 4.98 Å². The van der Waals surface area contributed by atoms with Crippen LogP contribution >= 0.6 is 0 Å². The van der Waals surface area contributed by atoms with Gasteiger partial charge in [-0.2, -0.15) is 0 Å². The van der Waals surface area contributed by atoms with E-state index in [1.165, 1.54) is 5.56 Å². The Hall–Kier alpha value is -2.43. The molecule has 1 fully saturated rings. The van der Waals surface area contributed by atoms with Crippen molar-refractivity contribution in [1.82, 2.24) is 9.88 Å². The number of aromatic nitrogens is 1. The Balaban J connectivity index is 1.46. The van der Waals surface area contributed by atoms with Gasteiger partial charge < -0.3 is 10.2 Å². The number of nitrogens with two attached hydrogens (primary N) is 1. The van der Waals surface area contributed by atoms with Crippen LogP contribution in [0.2, 0.25) is 0 Å². The van der Waals surface area contributed by atoms with E-state index in [2.05, 4.69) is 40.2 Å². The van der Waals surface area contributed by atoms with E-state index in [0.717, 1.165) is 36.8 Å². The van der Waals surface area contributed by atoms with E-state index in [4.69, 9.17) is 10.2 Å². The molecule has 128 valence electrons. The first kappa shape index (κ1) is 16.1. The average Bonchev–Trinajstić information content (AvgIpc) is 3.30. The molecule has 2 atom stereocenters. The van der Waals surface area contributed by atoms with Crippen molar-refractivity contribution in [1.29, 1.82) is 0 Å². The van der Waals surface area contributed by atoms with Crippen molar-refractivity contribution in [3.8, 4) is 11.3 Å². The van der Waals surface area contributed by atoms with Crippen molar-refractivity contribution in [2.75, 3.05) is 19.6 Å². The molecule has 0 radical (unpaired) electrons. The summed E-state index contributed by atoms with van der Waals surface area (Å²) >= 11 is 0. The zero-order valence-electron chi connectivity index (χ0n) is 14.2. The van der Waals surface area contributed by atoms with E-state index >= 15 is 0 Å². The molecule has 2 heterocycles. The van der Waals surface area contributed by atoms with Crippen molar-refractivity contribution in [2.24, 2.45) is 11.7 Å². The quantitative estimate of drug-likeness (QED) is 0.776. The smallest absolute Gasteiger partial charge is 0.209 e. The summed E-state index contributed by atoms with van der Waals surface area (Å²) in [6.45, 7) is 3.41. The van der Waals surface area contributed by atoms with Crippen LogP contribution in [-0.4, -0.2) is 29.5 Å². The fraction of sp³-hybridized carbons (Fsp3) is 0.286. The van der Waals surface area contributed by atoms with Gasteiger partial charge in [0.2, 0.25) is 5.89 Å². The molecule has 25 heavy (non-hydrogen) atoms. The topological polar surface area (TPSA) is 55.3 Å². The lowest BCUT2D eigenvalue weighted by atomic mass is 9.89. The summed E-state index contributed by atoms with van der Waals surface area (Å²) in [5.74, 6) is 2.55. The van der Waals surface area contributed by atoms with E-state index in [1.807, 2.05) is 36.5 Å². The molecule has 0 aliphatic carbocycles. The van der Waals surface area contributed by atoms with Gasteiger partial charge in [0.25, 0.3) is 0 Å². The number of likely N-dealkylation sites (tertiary alicyclic amines) is 1. The van der Waals surface area contributed by atoms with Crippen LogP contribution in [0.3, 0.4) is 0 Å². The van der Waals surface area contributed by atoms with Gasteiger partial charge >= 0.3 is 0 Å². The highest BCUT2D eigenvalue weighted by atomic mass is 16.4. The Labute approximate surface area is 148 Å². The highest BCUT2D eigenvalue weighted by Crippen LogP contribution is 2.33. The molecule has 1 aliphatic heterocycles. The molecule has 2 aromatic carbocycles. The van der Waals surface area contributed by atoms with Crippen LogP contribution in [0.5, 0.6) is 0 Å². The number of hydrogen-bond acceptors (Lipinski definition) is 4. The molecule has 0 saturated carbocycles. The minimum absolute atomic E-state index is 0.478. The van der Waals surface area contributed by atoms with Crippen molar-refractivity contribution in [3.05, 3.63) is 78.3 Å². The minimum atomic E-state index is 0.478. The second-order valence-electron chi connectivity index (χ2n) is 6.69. The number of oxazole rings is 1. The Morgan fingerprint density at radius 3 is 2.44 bits per heavy atom. The van der Waals surface area contributed by atoms with Crippen LogP contribution in [0.1, 0.15) is 17.4 Å². The molecule has 1 aromatic heterocycles. The first-order valence-corrected chi connectivity index (χ1v) is 8.81. The fourth-order valence-electron chi connectivity index (χ4n) is 3.72. The average molecular weight is 333 g/mol. The zero-order chi connectivity index (χ0) is 17.1. The maximum atomic E-state index is 6.03. The van der Waals surface area contributed by atoms with Crippen LogP contribution in [0.4, 0.5) is 0 Å². The Kier molecular flexibility index (Phi) is 4.63. The maximum Gasteiger partial charge on any atom is 0.209 e. The van der Waals surface area contributed by atoms with Crippen molar-refractivity contribution < 1.29 is 4.42 Å². The second-order valence-corrected chi connectivity index (χ2v) is 6.69. The molecule has 0 bridgehead atoms. The van der Waals surface area contributed by atoms with E-state index in [-0.39, 0.29) is 0 Å². The largest absolute Gasteiger partial charge is 0.439 e. The van der Waals surface area contributed by atoms with Gasteiger partial charge in [0.1, 0.15) is 0 Å². The molecule has 2 N–H and O–H groups in total. The number of rotatable bonds is 5. The van der Waals surface area contributed by atoms with Crippen LogP contribution in [0.15, 0.2) is 71.3 Å². The van der Waals surface area contributed by atoms with Gasteiger partial charge in [-0.05, 0) is 18.0 Å². The third-order valence-electron chi connectivity index (χ3n) is 5.02. The molecule has 1 aliphatic rings. The van der Waals surface area contributed by atoms with E-state index in [1.54, 1.807) is 0 Å². The van der Waals surface area contributed by atoms with Gasteiger partial charge in [0, 0.05) is 24.6 Å². The van der Waals surface area contributed by atoms with E-state index in [9.17, 15) is 0 Å². The minimum Gasteiger partial charge on any atom is -0.439 e. The van der Waals surface area contributed by atoms with Crippen molar-refractivity contribution >= 4 is 0 Å². The van der Waals surface area contributed by atoms with E-state index < -0.39 is 0 Å². The summed E-state index contributed by atoms with van der Waals surface area (Å²) in [5.41, 5.74) is 8.46. The molecule has 3 aromatic rings. The van der Waals surface area contributed by atoms with Crippen LogP contribution in [-0.2, 0) is 6.54 Å². The first-order chi connectivity index (χ1) is 12.3. The zero-order valence-corrected chi connectivity index (χ0v) is 14.2. The Bertz CT molecular complexity index is 800. The van der Waals surface area contributed by atoms with Gasteiger partial charge in [0.05, 0.1) is 12.7 Å². The fourth-order valence-corrected chi connectivity index (χ4v) is 3.72. The highest BCUT2D eigenvalue weighted by molar-refractivity contribution is 5.55. The lowest BCUT2D eigenvalue weighted by Crippen LogP contribution is -2.23. The Morgan fingerprint density at radius 1 is 1.00 bits per heavy atom. The normalized spacial score (nSPS) is 20.8. The van der Waals surface area contributed by atoms with Gasteiger partial charge in [-0.3, -0.25) is 4.90 Å². The van der Waals surface area contributed by atoms with Crippen LogP contribution < -0.4 is 5.73 Å². The summed E-state index contributed by atoms with van der Waals surface area (Å²) in [7, 11) is 0. The standard InChI is InChI=1S/C21H23N3O/c22-11-18-13-24(14-19(18)16-7-3-1-4-8-16)15-21-23-12-20(25-21)17-9-5-2-6-10-17/h1-10,12,18-19H,11,13-15,22H2/t18-,19+/m1/s1. The molecule has 4 rings (SSSR count). The summed E-state index contributed by atoms with van der Waals surface area (Å²) in [5, 5.41) is 0. The first-order valence-electron chi connectivity index (χ1n) is 8.81. The molecule has 4 nitrogen and oxygen atoms in total. The predicted molar refractivity (Wildman–Crippen MR) is 98.9 cm³/mol. The monoisotopic (exact) mass is 333 g/mol. The third kappa shape index (κ3) is 3.50. The molecule has 4 heteroatoms. The van der Waals surface area contributed by atoms with Crippen LogP contribution in [0, 0.1) is 5.92 Å². The number of hydrogen-bond donors (Lipinski definition) is 1. The van der Waals surface area contributed by atoms with Crippen LogP contribution in [0.25, 0.3) is 11.3 Å². The summed E-state index contributed by atoms with van der Waals surface area (Å²) in [6.07, 6.45) is 1.82. The molecule has 0 amide bonds. The summed E-state index contributed by atoms with van der Waals surface area (Å²) in [4.78, 5) is 6.86. The lowest BCUT2D eigenvalue weighted by Gasteiger charge is -2.16. The molecule has 0 unspecified atom stereocenters. The summed E-state index contributed by atoms with van der Waals surface area (Å²) < 4.78 is 5.96. The lowest BCUT2D eigenvalue weighted by molar-refractivity contribution is 0.281. The highest BCUT2D eigenvalue weighted by Gasteiger charge is 2.33. The molecular weight excluding hydrogens is 310 g/mol. The van der Waals surface area contributed by atoms with Crippen molar-refractivity contribution in [2.45, 2.75) is 12.5 Å². The molecule has 0 spiro atoms. The van der Waals surface area contributed by atoms with Gasteiger partial charge in [0.15, 0.2) is 5.76 Å². The summed E-state index contributed by atoms with van der Waals surface area (Å²) in [6, 6.07) is 20.8. The predicted octanol–water partition coefficient (Wildman–Crippen LogP) is 3.52. The third-order valence-corrected chi connectivity index (χ3v) is 5.02.